The van der Waals surface area contributed by atoms with Gasteiger partial charge >= 0.3 is 11.8 Å². The van der Waals surface area contributed by atoms with Crippen LogP contribution in [0.5, 0.6) is 0 Å². The van der Waals surface area contributed by atoms with Gasteiger partial charge in [-0.2, -0.15) is 0 Å². The molecule has 1 heterocycles. The van der Waals surface area contributed by atoms with Crippen molar-refractivity contribution < 1.29 is 14.4 Å². The molecule has 0 saturated heterocycles. The summed E-state index contributed by atoms with van der Waals surface area (Å²) in [7, 11) is 1.55. The van der Waals surface area contributed by atoms with Gasteiger partial charge in [0.15, 0.2) is 0 Å². The number of hydrogen-bond acceptors (Lipinski definition) is 3. The Morgan fingerprint density at radius 2 is 1.71 bits per heavy atom. The summed E-state index contributed by atoms with van der Waals surface area (Å²) in [5.41, 5.74) is 3.78. The topological polar surface area (TPSA) is 103 Å². The van der Waals surface area contributed by atoms with E-state index in [0.717, 1.165) is 28.5 Å². The minimum Gasteiger partial charge on any atom is -0.354 e. The van der Waals surface area contributed by atoms with Crippen LogP contribution in [0.3, 0.4) is 0 Å². The maximum absolute atomic E-state index is 12.2. The normalized spacial score (nSPS) is 10.5. The Morgan fingerprint density at radius 1 is 0.964 bits per heavy atom. The lowest BCUT2D eigenvalue weighted by molar-refractivity contribution is -0.136. The molecule has 0 aliphatic heterocycles. The first kappa shape index (κ1) is 19.2. The summed E-state index contributed by atoms with van der Waals surface area (Å²) in [5.74, 6) is -1.67. The molecule has 144 valence electrons. The molecule has 28 heavy (non-hydrogen) atoms. The molecule has 0 saturated carbocycles. The van der Waals surface area contributed by atoms with E-state index in [1.165, 1.54) is 0 Å². The van der Waals surface area contributed by atoms with Crippen molar-refractivity contribution in [1.29, 1.82) is 0 Å². The standard InChI is InChI=1S/C21H22N4O3/c1-3-13-6-4-5-7-14(13)12-23-20(27)21(28)24-16-8-9-17-15(10-16)11-18(25-17)19(26)22-2/h4-11,25H,3,12H2,1-2H3,(H,22,26)(H,23,27)(H,24,28). The van der Waals surface area contributed by atoms with Crippen molar-refractivity contribution in [2.45, 2.75) is 19.9 Å². The molecule has 0 spiro atoms. The van der Waals surface area contributed by atoms with Gasteiger partial charge in [-0.05, 0) is 41.8 Å². The minimum absolute atomic E-state index is 0.228. The third-order valence-electron chi connectivity index (χ3n) is 4.50. The number of aromatic nitrogens is 1. The Morgan fingerprint density at radius 3 is 2.43 bits per heavy atom. The second-order valence-corrected chi connectivity index (χ2v) is 6.32. The predicted molar refractivity (Wildman–Crippen MR) is 108 cm³/mol. The number of anilines is 1. The van der Waals surface area contributed by atoms with E-state index in [4.69, 9.17) is 0 Å². The largest absolute Gasteiger partial charge is 0.354 e. The summed E-state index contributed by atoms with van der Waals surface area (Å²) in [6.07, 6.45) is 0.854. The number of nitrogens with one attached hydrogen (secondary N) is 4. The molecule has 0 fully saturated rings. The smallest absolute Gasteiger partial charge is 0.313 e. The fourth-order valence-corrected chi connectivity index (χ4v) is 2.99. The van der Waals surface area contributed by atoms with E-state index in [1.807, 2.05) is 31.2 Å². The summed E-state index contributed by atoms with van der Waals surface area (Å²) in [6, 6.07) is 14.6. The molecule has 3 amide bonds. The van der Waals surface area contributed by atoms with E-state index >= 15 is 0 Å². The molecule has 1 aromatic heterocycles. The van der Waals surface area contributed by atoms with Crippen molar-refractivity contribution >= 4 is 34.3 Å². The molecule has 0 radical (unpaired) electrons. The van der Waals surface area contributed by atoms with Crippen molar-refractivity contribution in [3.8, 4) is 0 Å². The number of fused-ring (bicyclic) bond motifs is 1. The van der Waals surface area contributed by atoms with Gasteiger partial charge in [-0.1, -0.05) is 31.2 Å². The number of hydrogen-bond donors (Lipinski definition) is 4. The Labute approximate surface area is 162 Å². The maximum atomic E-state index is 12.2. The molecule has 7 nitrogen and oxygen atoms in total. The van der Waals surface area contributed by atoms with Crippen LogP contribution < -0.4 is 16.0 Å². The molecule has 3 rings (SSSR count). The van der Waals surface area contributed by atoms with Gasteiger partial charge < -0.3 is 20.9 Å². The van der Waals surface area contributed by atoms with E-state index in [1.54, 1.807) is 31.3 Å². The lowest BCUT2D eigenvalue weighted by Gasteiger charge is -2.09. The fraction of sp³-hybridized carbons (Fsp3) is 0.190. The van der Waals surface area contributed by atoms with Gasteiger partial charge in [0.1, 0.15) is 5.69 Å². The van der Waals surface area contributed by atoms with Crippen LogP contribution in [0.25, 0.3) is 10.9 Å². The molecule has 4 N–H and O–H groups in total. The summed E-state index contributed by atoms with van der Waals surface area (Å²) >= 11 is 0. The molecule has 0 unspecified atom stereocenters. The monoisotopic (exact) mass is 378 g/mol. The highest BCUT2D eigenvalue weighted by Gasteiger charge is 2.15. The number of aromatic amines is 1. The highest BCUT2D eigenvalue weighted by atomic mass is 16.2. The van der Waals surface area contributed by atoms with Crippen LogP contribution in [0.1, 0.15) is 28.5 Å². The van der Waals surface area contributed by atoms with Gasteiger partial charge in [-0.15, -0.1) is 0 Å². The van der Waals surface area contributed by atoms with E-state index < -0.39 is 11.8 Å². The van der Waals surface area contributed by atoms with E-state index in [0.29, 0.717) is 17.9 Å². The summed E-state index contributed by atoms with van der Waals surface area (Å²) in [6.45, 7) is 2.34. The highest BCUT2D eigenvalue weighted by molar-refractivity contribution is 6.39. The van der Waals surface area contributed by atoms with Crippen LogP contribution >= 0.6 is 0 Å². The Kier molecular flexibility index (Phi) is 5.74. The van der Waals surface area contributed by atoms with Crippen molar-refractivity contribution in [3.05, 3.63) is 65.4 Å². The highest BCUT2D eigenvalue weighted by Crippen LogP contribution is 2.20. The Balaban J connectivity index is 1.64. The molecule has 0 bridgehead atoms. The SMILES string of the molecule is CCc1ccccc1CNC(=O)C(=O)Nc1ccc2[nH]c(C(=O)NC)cc2c1. The van der Waals surface area contributed by atoms with Crippen LogP contribution in [-0.4, -0.2) is 29.8 Å². The zero-order valence-electron chi connectivity index (χ0n) is 15.8. The average molecular weight is 378 g/mol. The third-order valence-corrected chi connectivity index (χ3v) is 4.50. The van der Waals surface area contributed by atoms with Crippen molar-refractivity contribution in [3.63, 3.8) is 0 Å². The number of carbonyl (C=O) groups is 3. The number of amides is 3. The van der Waals surface area contributed by atoms with Gasteiger partial charge in [0.05, 0.1) is 0 Å². The molecular weight excluding hydrogens is 356 g/mol. The van der Waals surface area contributed by atoms with Gasteiger partial charge in [-0.3, -0.25) is 14.4 Å². The van der Waals surface area contributed by atoms with Crippen LogP contribution in [0.2, 0.25) is 0 Å². The van der Waals surface area contributed by atoms with Gasteiger partial charge in [0.25, 0.3) is 5.91 Å². The lowest BCUT2D eigenvalue weighted by Crippen LogP contribution is -2.35. The second-order valence-electron chi connectivity index (χ2n) is 6.32. The van der Waals surface area contributed by atoms with E-state index in [9.17, 15) is 14.4 Å². The number of carbonyl (C=O) groups excluding carboxylic acids is 3. The number of H-pyrrole nitrogens is 1. The Hall–Kier alpha value is -3.61. The van der Waals surface area contributed by atoms with Gasteiger partial charge in [0.2, 0.25) is 0 Å². The zero-order valence-corrected chi connectivity index (χ0v) is 15.8. The average Bonchev–Trinajstić information content (AvgIpc) is 3.14. The summed E-state index contributed by atoms with van der Waals surface area (Å²) in [4.78, 5) is 39.0. The first-order chi connectivity index (χ1) is 13.5. The van der Waals surface area contributed by atoms with Crippen molar-refractivity contribution in [1.82, 2.24) is 15.6 Å². The molecule has 2 aromatic carbocycles. The van der Waals surface area contributed by atoms with Crippen LogP contribution in [-0.2, 0) is 22.6 Å². The molecule has 0 aliphatic carbocycles. The maximum Gasteiger partial charge on any atom is 0.313 e. The molecule has 0 aliphatic rings. The van der Waals surface area contributed by atoms with Crippen molar-refractivity contribution in [2.75, 3.05) is 12.4 Å². The quantitative estimate of drug-likeness (QED) is 0.512. The second kappa shape index (κ2) is 8.39. The van der Waals surface area contributed by atoms with Crippen molar-refractivity contribution in [2.24, 2.45) is 0 Å². The fourth-order valence-electron chi connectivity index (χ4n) is 2.99. The van der Waals surface area contributed by atoms with Crippen LogP contribution in [0, 0.1) is 0 Å². The van der Waals surface area contributed by atoms with E-state index in [2.05, 4.69) is 20.9 Å². The van der Waals surface area contributed by atoms with E-state index in [-0.39, 0.29) is 5.91 Å². The molecule has 3 aromatic rings. The molecular formula is C21H22N4O3. The number of rotatable bonds is 5. The zero-order chi connectivity index (χ0) is 20.1. The van der Waals surface area contributed by atoms with Gasteiger partial charge in [0, 0.05) is 30.2 Å². The van der Waals surface area contributed by atoms with Gasteiger partial charge in [-0.25, -0.2) is 0 Å². The number of aryl methyl sites for hydroxylation is 1. The molecule has 7 heteroatoms. The third kappa shape index (κ3) is 4.20. The Bertz CT molecular complexity index is 1040. The predicted octanol–water partition coefficient (Wildman–Crippen LogP) is 2.34. The first-order valence-corrected chi connectivity index (χ1v) is 9.02. The first-order valence-electron chi connectivity index (χ1n) is 9.02. The molecule has 0 atom stereocenters. The minimum atomic E-state index is -0.740. The summed E-state index contributed by atoms with van der Waals surface area (Å²) in [5, 5.41) is 8.54. The van der Waals surface area contributed by atoms with Crippen LogP contribution in [0.4, 0.5) is 5.69 Å². The number of benzene rings is 2. The lowest BCUT2D eigenvalue weighted by atomic mass is 10.1. The van der Waals surface area contributed by atoms with Crippen LogP contribution in [0.15, 0.2) is 48.5 Å². The summed E-state index contributed by atoms with van der Waals surface area (Å²) < 4.78 is 0.